The zero-order chi connectivity index (χ0) is 13.1. The Morgan fingerprint density at radius 1 is 1.59 bits per heavy atom. The predicted octanol–water partition coefficient (Wildman–Crippen LogP) is 1.25. The van der Waals surface area contributed by atoms with Gasteiger partial charge in [0.15, 0.2) is 0 Å². The van der Waals surface area contributed by atoms with Gasteiger partial charge in [-0.15, -0.1) is 0 Å². The molecule has 0 radical (unpaired) electrons. The summed E-state index contributed by atoms with van der Waals surface area (Å²) < 4.78 is 10.4. The average molecular weight is 245 g/mol. The summed E-state index contributed by atoms with van der Waals surface area (Å²) in [5.74, 6) is 0.125. The quantitative estimate of drug-likeness (QED) is 0.813. The van der Waals surface area contributed by atoms with Crippen molar-refractivity contribution < 1.29 is 19.4 Å². The van der Waals surface area contributed by atoms with Crippen LogP contribution in [0.3, 0.4) is 0 Å². The minimum Gasteiger partial charge on any atom is -0.444 e. The Hall–Kier alpha value is -0.810. The van der Waals surface area contributed by atoms with E-state index in [4.69, 9.17) is 9.47 Å². The van der Waals surface area contributed by atoms with E-state index < -0.39 is 17.8 Å². The Morgan fingerprint density at radius 3 is 2.71 bits per heavy atom. The molecule has 1 aliphatic rings. The Kier molecular flexibility index (Phi) is 4.77. The molecular weight excluding hydrogens is 222 g/mol. The van der Waals surface area contributed by atoms with E-state index in [1.165, 1.54) is 4.90 Å². The van der Waals surface area contributed by atoms with Crippen LogP contribution >= 0.6 is 0 Å². The first-order valence-corrected chi connectivity index (χ1v) is 5.99. The summed E-state index contributed by atoms with van der Waals surface area (Å²) in [5, 5.41) is 9.94. The second kappa shape index (κ2) is 5.69. The third-order valence-electron chi connectivity index (χ3n) is 2.68. The number of carbonyl (C=O) groups is 1. The second-order valence-electron chi connectivity index (χ2n) is 5.55. The molecule has 1 aliphatic heterocycles. The van der Waals surface area contributed by atoms with Gasteiger partial charge in [-0.05, 0) is 27.2 Å². The van der Waals surface area contributed by atoms with E-state index in [0.29, 0.717) is 13.2 Å². The molecule has 1 N–H and O–H groups in total. The summed E-state index contributed by atoms with van der Waals surface area (Å²) >= 11 is 0. The molecule has 17 heavy (non-hydrogen) atoms. The van der Waals surface area contributed by atoms with Crippen LogP contribution in [0.5, 0.6) is 0 Å². The highest BCUT2D eigenvalue weighted by Gasteiger charge is 2.27. The first-order chi connectivity index (χ1) is 7.79. The fourth-order valence-corrected chi connectivity index (χ4v) is 1.70. The lowest BCUT2D eigenvalue weighted by molar-refractivity contribution is 0.0122. The number of likely N-dealkylation sites (N-methyl/N-ethyl adjacent to an activating group) is 1. The van der Waals surface area contributed by atoms with Crippen molar-refractivity contribution in [3.05, 3.63) is 0 Å². The van der Waals surface area contributed by atoms with Crippen LogP contribution in [0.15, 0.2) is 0 Å². The van der Waals surface area contributed by atoms with E-state index >= 15 is 0 Å². The van der Waals surface area contributed by atoms with Gasteiger partial charge < -0.3 is 19.5 Å². The van der Waals surface area contributed by atoms with Gasteiger partial charge in [-0.3, -0.25) is 0 Å². The smallest absolute Gasteiger partial charge is 0.410 e. The summed E-state index contributed by atoms with van der Waals surface area (Å²) in [6.07, 6.45) is -0.103. The van der Waals surface area contributed by atoms with Crippen molar-refractivity contribution in [2.45, 2.75) is 38.9 Å². The predicted molar refractivity (Wildman–Crippen MR) is 63.8 cm³/mol. The topological polar surface area (TPSA) is 59.0 Å². The van der Waals surface area contributed by atoms with Gasteiger partial charge in [0.25, 0.3) is 0 Å². The lowest BCUT2D eigenvalue weighted by Crippen LogP contribution is -2.40. The van der Waals surface area contributed by atoms with Gasteiger partial charge in [-0.25, -0.2) is 4.79 Å². The van der Waals surface area contributed by atoms with Crippen molar-refractivity contribution in [2.75, 3.05) is 26.8 Å². The minimum absolute atomic E-state index is 0.125. The monoisotopic (exact) mass is 245 g/mol. The largest absolute Gasteiger partial charge is 0.444 e. The molecule has 0 aliphatic carbocycles. The maximum Gasteiger partial charge on any atom is 0.410 e. The first-order valence-electron chi connectivity index (χ1n) is 5.99. The highest BCUT2D eigenvalue weighted by molar-refractivity contribution is 5.67. The van der Waals surface area contributed by atoms with Crippen LogP contribution in [0.2, 0.25) is 0 Å². The maximum absolute atomic E-state index is 11.7. The van der Waals surface area contributed by atoms with Crippen LogP contribution in [0.4, 0.5) is 4.79 Å². The van der Waals surface area contributed by atoms with E-state index in [9.17, 15) is 9.90 Å². The molecule has 0 saturated carbocycles. The molecule has 0 aromatic heterocycles. The first kappa shape index (κ1) is 14.3. The van der Waals surface area contributed by atoms with Gasteiger partial charge in [-0.1, -0.05) is 0 Å². The highest BCUT2D eigenvalue weighted by atomic mass is 16.6. The van der Waals surface area contributed by atoms with Crippen molar-refractivity contribution in [2.24, 2.45) is 5.92 Å². The second-order valence-corrected chi connectivity index (χ2v) is 5.55. The highest BCUT2D eigenvalue weighted by Crippen LogP contribution is 2.18. The summed E-state index contributed by atoms with van der Waals surface area (Å²) in [4.78, 5) is 13.1. The third kappa shape index (κ3) is 4.91. The molecule has 2 unspecified atom stereocenters. The third-order valence-corrected chi connectivity index (χ3v) is 2.68. The van der Waals surface area contributed by atoms with Gasteiger partial charge in [0.2, 0.25) is 0 Å². The van der Waals surface area contributed by atoms with Crippen LogP contribution in [0.25, 0.3) is 0 Å². The zero-order valence-electron chi connectivity index (χ0n) is 11.1. The Balaban J connectivity index is 2.37. The molecular formula is C12H23NO4. The number of carbonyl (C=O) groups excluding carboxylic acids is 1. The molecule has 1 heterocycles. The molecule has 100 valence electrons. The van der Waals surface area contributed by atoms with Crippen LogP contribution in [0, 0.1) is 5.92 Å². The molecule has 5 nitrogen and oxygen atoms in total. The van der Waals surface area contributed by atoms with Gasteiger partial charge in [0, 0.05) is 26.1 Å². The van der Waals surface area contributed by atoms with Gasteiger partial charge in [0.05, 0.1) is 12.7 Å². The SMILES string of the molecule is CN(CC(O)C1CCOC1)C(=O)OC(C)(C)C. The lowest BCUT2D eigenvalue weighted by atomic mass is 10.0. The number of nitrogens with zero attached hydrogens (tertiary/aromatic N) is 1. The number of rotatable bonds is 3. The van der Waals surface area contributed by atoms with E-state index in [2.05, 4.69) is 0 Å². The van der Waals surface area contributed by atoms with Gasteiger partial charge in [0.1, 0.15) is 5.60 Å². The number of aliphatic hydroxyl groups is 1. The number of aliphatic hydroxyl groups excluding tert-OH is 1. The molecule has 1 fully saturated rings. The fraction of sp³-hybridized carbons (Fsp3) is 0.917. The molecule has 0 aromatic carbocycles. The minimum atomic E-state index is -0.546. The van der Waals surface area contributed by atoms with E-state index in [-0.39, 0.29) is 12.5 Å². The molecule has 2 atom stereocenters. The molecule has 5 heteroatoms. The maximum atomic E-state index is 11.7. The van der Waals surface area contributed by atoms with Crippen molar-refractivity contribution in [3.8, 4) is 0 Å². The van der Waals surface area contributed by atoms with Crippen molar-refractivity contribution >= 4 is 6.09 Å². The van der Waals surface area contributed by atoms with E-state index in [1.807, 2.05) is 20.8 Å². The zero-order valence-corrected chi connectivity index (χ0v) is 11.1. The summed E-state index contributed by atoms with van der Waals surface area (Å²) in [6.45, 7) is 7.00. The number of hydrogen-bond acceptors (Lipinski definition) is 4. The fourth-order valence-electron chi connectivity index (χ4n) is 1.70. The molecule has 0 bridgehead atoms. The summed E-state index contributed by atoms with van der Waals surface area (Å²) in [6, 6.07) is 0. The van der Waals surface area contributed by atoms with Crippen molar-refractivity contribution in [1.29, 1.82) is 0 Å². The van der Waals surface area contributed by atoms with Crippen LogP contribution in [-0.2, 0) is 9.47 Å². The molecule has 0 aromatic rings. The van der Waals surface area contributed by atoms with Crippen molar-refractivity contribution in [1.82, 2.24) is 4.90 Å². The van der Waals surface area contributed by atoms with E-state index in [0.717, 1.165) is 6.42 Å². The van der Waals surface area contributed by atoms with E-state index in [1.54, 1.807) is 7.05 Å². The summed E-state index contributed by atoms with van der Waals surface area (Å²) in [5.41, 5.74) is -0.507. The number of hydrogen-bond donors (Lipinski definition) is 1. The number of amides is 1. The van der Waals surface area contributed by atoms with Gasteiger partial charge in [-0.2, -0.15) is 0 Å². The lowest BCUT2D eigenvalue weighted by Gasteiger charge is -2.27. The van der Waals surface area contributed by atoms with Crippen LogP contribution < -0.4 is 0 Å². The van der Waals surface area contributed by atoms with Gasteiger partial charge >= 0.3 is 6.09 Å². The Morgan fingerprint density at radius 2 is 2.24 bits per heavy atom. The normalized spacial score (nSPS) is 22.3. The molecule has 1 saturated heterocycles. The Bertz CT molecular complexity index is 256. The molecule has 1 amide bonds. The summed E-state index contributed by atoms with van der Waals surface area (Å²) in [7, 11) is 1.63. The molecule has 0 spiro atoms. The molecule has 1 rings (SSSR count). The average Bonchev–Trinajstić information content (AvgIpc) is 2.67. The van der Waals surface area contributed by atoms with Crippen LogP contribution in [-0.4, -0.2) is 54.6 Å². The standard InChI is InChI=1S/C12H23NO4/c1-12(2,3)17-11(15)13(4)7-10(14)9-5-6-16-8-9/h9-10,14H,5-8H2,1-4H3. The van der Waals surface area contributed by atoms with Crippen molar-refractivity contribution in [3.63, 3.8) is 0 Å². The van der Waals surface area contributed by atoms with Crippen LogP contribution in [0.1, 0.15) is 27.2 Å². The Labute approximate surface area is 103 Å². The number of ether oxygens (including phenoxy) is 2.